The van der Waals surface area contributed by atoms with Crippen LogP contribution in [0.5, 0.6) is 11.5 Å². The van der Waals surface area contributed by atoms with Crippen LogP contribution in [0.2, 0.25) is 5.02 Å². The number of hydrogen-bond acceptors (Lipinski definition) is 6. The quantitative estimate of drug-likeness (QED) is 0.635. The van der Waals surface area contributed by atoms with Gasteiger partial charge in [0.25, 0.3) is 11.5 Å². The maximum Gasteiger partial charge on any atom is 0.258 e. The molecular weight excluding hydrogens is 432 g/mol. The van der Waals surface area contributed by atoms with E-state index in [1.54, 1.807) is 43.5 Å². The average molecular weight is 457 g/mol. The van der Waals surface area contributed by atoms with Gasteiger partial charge in [0.05, 0.1) is 31.7 Å². The molecule has 4 rings (SSSR count). The highest BCUT2D eigenvalue weighted by Crippen LogP contribution is 2.30. The molecule has 3 aromatic rings. The Kier molecular flexibility index (Phi) is 6.62. The molecule has 1 aromatic heterocycles. The fourth-order valence-electron chi connectivity index (χ4n) is 3.94. The highest BCUT2D eigenvalue weighted by Gasteiger charge is 2.21. The number of nitrogens with zero attached hydrogens (tertiary/aromatic N) is 3. The summed E-state index contributed by atoms with van der Waals surface area (Å²) >= 11 is 6.03. The minimum Gasteiger partial charge on any atom is -0.493 e. The van der Waals surface area contributed by atoms with Crippen molar-refractivity contribution in [3.05, 3.63) is 63.2 Å². The molecule has 1 fully saturated rings. The second-order valence-corrected chi connectivity index (χ2v) is 8.11. The molecule has 8 nitrogen and oxygen atoms in total. The number of carbonyl (C=O) groups is 1. The molecule has 0 saturated carbocycles. The van der Waals surface area contributed by atoms with Crippen LogP contribution in [0.4, 0.5) is 0 Å². The van der Waals surface area contributed by atoms with Gasteiger partial charge in [-0.15, -0.1) is 0 Å². The molecule has 0 bridgehead atoms. The summed E-state index contributed by atoms with van der Waals surface area (Å²) in [7, 11) is 3.07. The summed E-state index contributed by atoms with van der Waals surface area (Å²) in [5, 5.41) is 0.994. The van der Waals surface area contributed by atoms with E-state index in [1.807, 2.05) is 4.90 Å². The molecular formula is C23H25ClN4O4. The highest BCUT2D eigenvalue weighted by molar-refractivity contribution is 6.30. The van der Waals surface area contributed by atoms with Gasteiger partial charge < -0.3 is 19.4 Å². The Morgan fingerprint density at radius 1 is 1.09 bits per heavy atom. The van der Waals surface area contributed by atoms with Crippen LogP contribution in [0.15, 0.2) is 41.2 Å². The molecule has 32 heavy (non-hydrogen) atoms. The van der Waals surface area contributed by atoms with Crippen molar-refractivity contribution in [2.24, 2.45) is 0 Å². The van der Waals surface area contributed by atoms with E-state index in [1.165, 1.54) is 7.11 Å². The molecule has 1 aliphatic heterocycles. The van der Waals surface area contributed by atoms with E-state index < -0.39 is 0 Å². The van der Waals surface area contributed by atoms with E-state index in [-0.39, 0.29) is 11.5 Å². The Balaban J connectivity index is 1.48. The van der Waals surface area contributed by atoms with Gasteiger partial charge in [-0.2, -0.15) is 0 Å². The number of methoxy groups -OCH3 is 2. The summed E-state index contributed by atoms with van der Waals surface area (Å²) in [5.41, 5.74) is 0.920. The topological polar surface area (TPSA) is 87.8 Å². The third kappa shape index (κ3) is 4.71. The van der Waals surface area contributed by atoms with E-state index in [4.69, 9.17) is 21.1 Å². The predicted octanol–water partition coefficient (Wildman–Crippen LogP) is 2.94. The third-order valence-corrected chi connectivity index (χ3v) is 5.82. The molecule has 1 N–H and O–H groups in total. The number of carbonyl (C=O) groups excluding carboxylic acids is 1. The second kappa shape index (κ2) is 9.58. The number of H-pyrrole nitrogens is 1. The molecule has 1 amide bonds. The normalized spacial score (nSPS) is 14.9. The lowest BCUT2D eigenvalue weighted by atomic mass is 10.2. The van der Waals surface area contributed by atoms with E-state index in [9.17, 15) is 9.59 Å². The van der Waals surface area contributed by atoms with Crippen molar-refractivity contribution >= 4 is 28.4 Å². The van der Waals surface area contributed by atoms with Gasteiger partial charge in [0.15, 0.2) is 11.5 Å². The van der Waals surface area contributed by atoms with Gasteiger partial charge in [0, 0.05) is 42.8 Å². The number of fused-ring (bicyclic) bond motifs is 1. The molecule has 2 heterocycles. The van der Waals surface area contributed by atoms with Gasteiger partial charge in [0.2, 0.25) is 0 Å². The first kappa shape index (κ1) is 22.1. The van der Waals surface area contributed by atoms with Crippen LogP contribution in [0.3, 0.4) is 0 Å². The first-order valence-corrected chi connectivity index (χ1v) is 10.8. The predicted molar refractivity (Wildman–Crippen MR) is 123 cm³/mol. The fourth-order valence-corrected chi connectivity index (χ4v) is 4.13. The number of aromatic nitrogens is 2. The largest absolute Gasteiger partial charge is 0.493 e. The standard InChI is InChI=1S/C23H25ClN4O4/c1-31-19-12-17-18(13-20(19)32-2)25-21(26-22(17)29)14-27-7-4-8-28(10-9-27)23(30)15-5-3-6-16(24)11-15/h3,5-6,11-13H,4,7-10,14H2,1-2H3,(H,25,26,29). The first-order valence-electron chi connectivity index (χ1n) is 10.4. The molecule has 2 aromatic carbocycles. The van der Waals surface area contributed by atoms with Crippen LogP contribution in [-0.4, -0.2) is 66.1 Å². The van der Waals surface area contributed by atoms with Crippen molar-refractivity contribution in [3.63, 3.8) is 0 Å². The molecule has 0 spiro atoms. The number of hydrogen-bond donors (Lipinski definition) is 1. The zero-order valence-electron chi connectivity index (χ0n) is 18.1. The van der Waals surface area contributed by atoms with Gasteiger partial charge in [-0.3, -0.25) is 14.5 Å². The van der Waals surface area contributed by atoms with E-state index in [0.717, 1.165) is 13.0 Å². The minimum absolute atomic E-state index is 0.0207. The van der Waals surface area contributed by atoms with Crippen LogP contribution < -0.4 is 15.0 Å². The highest BCUT2D eigenvalue weighted by atomic mass is 35.5. The maximum absolute atomic E-state index is 12.8. The van der Waals surface area contributed by atoms with Crippen molar-refractivity contribution in [2.45, 2.75) is 13.0 Å². The van der Waals surface area contributed by atoms with Crippen molar-refractivity contribution in [3.8, 4) is 11.5 Å². The summed E-state index contributed by atoms with van der Waals surface area (Å²) < 4.78 is 10.6. The number of rotatable bonds is 5. The lowest BCUT2D eigenvalue weighted by molar-refractivity contribution is 0.0761. The minimum atomic E-state index is -0.224. The first-order chi connectivity index (χ1) is 15.5. The monoisotopic (exact) mass is 456 g/mol. The lowest BCUT2D eigenvalue weighted by Gasteiger charge is -2.22. The van der Waals surface area contributed by atoms with Gasteiger partial charge in [0.1, 0.15) is 5.82 Å². The molecule has 1 aliphatic rings. The van der Waals surface area contributed by atoms with Gasteiger partial charge in [-0.05, 0) is 30.7 Å². The molecule has 9 heteroatoms. The number of halogens is 1. The maximum atomic E-state index is 12.8. The second-order valence-electron chi connectivity index (χ2n) is 7.67. The van der Waals surface area contributed by atoms with E-state index >= 15 is 0 Å². The summed E-state index contributed by atoms with van der Waals surface area (Å²) in [4.78, 5) is 37.0. The van der Waals surface area contributed by atoms with Crippen molar-refractivity contribution in [2.75, 3.05) is 40.4 Å². The Bertz CT molecular complexity index is 1200. The third-order valence-electron chi connectivity index (χ3n) is 5.58. The molecule has 1 saturated heterocycles. The van der Waals surface area contributed by atoms with Crippen LogP contribution in [0.1, 0.15) is 22.6 Å². The summed E-state index contributed by atoms with van der Waals surface area (Å²) in [6, 6.07) is 10.4. The SMILES string of the molecule is COc1cc2nc(CN3CCCN(C(=O)c4cccc(Cl)c4)CC3)[nH]c(=O)c2cc1OC. The zero-order valence-corrected chi connectivity index (χ0v) is 18.8. The number of ether oxygens (including phenoxy) is 2. The number of benzene rings is 2. The van der Waals surface area contributed by atoms with Crippen molar-refractivity contribution in [1.29, 1.82) is 0 Å². The Morgan fingerprint density at radius 2 is 1.88 bits per heavy atom. The van der Waals surface area contributed by atoms with E-state index in [2.05, 4.69) is 14.9 Å². The summed E-state index contributed by atoms with van der Waals surface area (Å²) in [6.07, 6.45) is 0.829. The smallest absolute Gasteiger partial charge is 0.258 e. The summed E-state index contributed by atoms with van der Waals surface area (Å²) in [6.45, 7) is 3.22. The van der Waals surface area contributed by atoms with Crippen LogP contribution in [0.25, 0.3) is 10.9 Å². The van der Waals surface area contributed by atoms with Crippen molar-refractivity contribution in [1.82, 2.24) is 19.8 Å². The molecule has 0 radical (unpaired) electrons. The van der Waals surface area contributed by atoms with Gasteiger partial charge in [-0.25, -0.2) is 4.98 Å². The summed E-state index contributed by atoms with van der Waals surface area (Å²) in [5.74, 6) is 1.56. The van der Waals surface area contributed by atoms with Gasteiger partial charge in [-0.1, -0.05) is 17.7 Å². The molecule has 168 valence electrons. The number of amides is 1. The number of aromatic amines is 1. The lowest BCUT2D eigenvalue weighted by Crippen LogP contribution is -2.35. The average Bonchev–Trinajstić information content (AvgIpc) is 3.03. The van der Waals surface area contributed by atoms with Crippen molar-refractivity contribution < 1.29 is 14.3 Å². The molecule has 0 unspecified atom stereocenters. The molecule has 0 aliphatic carbocycles. The zero-order chi connectivity index (χ0) is 22.7. The van der Waals surface area contributed by atoms with Crippen LogP contribution >= 0.6 is 11.6 Å². The van der Waals surface area contributed by atoms with E-state index in [0.29, 0.717) is 65.0 Å². The fraction of sp³-hybridized carbons (Fsp3) is 0.348. The Labute approximate surface area is 190 Å². The van der Waals surface area contributed by atoms with Crippen LogP contribution in [0, 0.1) is 0 Å². The van der Waals surface area contributed by atoms with Crippen LogP contribution in [-0.2, 0) is 6.54 Å². The van der Waals surface area contributed by atoms with Gasteiger partial charge >= 0.3 is 0 Å². The Morgan fingerprint density at radius 3 is 2.62 bits per heavy atom. The number of nitrogens with one attached hydrogen (secondary N) is 1. The molecule has 0 atom stereocenters. The Hall–Kier alpha value is -3.10.